The molecule has 2 saturated heterocycles. The maximum atomic E-state index is 13.3. The third-order valence-electron chi connectivity index (χ3n) is 5.58. The molecule has 0 radical (unpaired) electrons. The van der Waals surface area contributed by atoms with Crippen LogP contribution in [0.15, 0.2) is 42.5 Å². The summed E-state index contributed by atoms with van der Waals surface area (Å²) in [5.41, 5.74) is 1.56. The molecule has 3 aliphatic rings. The highest BCUT2D eigenvalue weighted by molar-refractivity contribution is 6.05. The molecule has 5 rings (SSSR count). The zero-order valence-corrected chi connectivity index (χ0v) is 17.7. The van der Waals surface area contributed by atoms with Gasteiger partial charge in [-0.25, -0.2) is 0 Å². The summed E-state index contributed by atoms with van der Waals surface area (Å²) < 4.78 is 69.3. The molecular weight excluding hydrogens is 422 g/mol. The Morgan fingerprint density at radius 1 is 1.12 bits per heavy atom. The third-order valence-corrected chi connectivity index (χ3v) is 5.58. The number of nitrogens with one attached hydrogen (secondary N) is 1. The molecule has 8 nitrogen and oxygen atoms in total. The van der Waals surface area contributed by atoms with Crippen LogP contribution >= 0.6 is 0 Å². The second kappa shape index (κ2) is 9.33. The Morgan fingerprint density at radius 3 is 2.67 bits per heavy atom. The van der Waals surface area contributed by atoms with E-state index in [2.05, 4.69) is 0 Å². The van der Waals surface area contributed by atoms with Crippen LogP contribution in [0.3, 0.4) is 0 Å². The van der Waals surface area contributed by atoms with Crippen molar-refractivity contribution in [1.82, 2.24) is 15.1 Å². The van der Waals surface area contributed by atoms with Gasteiger partial charge in [0.05, 0.1) is 21.1 Å². The summed E-state index contributed by atoms with van der Waals surface area (Å²) in [6.07, 6.45) is -6.60. The lowest BCUT2D eigenvalue weighted by atomic mass is 10.0. The molecule has 2 aromatic rings. The molecule has 0 spiro atoms. The van der Waals surface area contributed by atoms with E-state index >= 15 is 0 Å². The Balaban J connectivity index is 1.35. The topological polar surface area (TPSA) is 88.2 Å². The summed E-state index contributed by atoms with van der Waals surface area (Å²) in [5, 5.41) is 1.70. The molecule has 1 unspecified atom stereocenters. The number of nitrogens with zero attached hydrogens (tertiary/aromatic N) is 2. The Bertz CT molecular complexity index is 1370. The van der Waals surface area contributed by atoms with Crippen molar-refractivity contribution in [2.45, 2.75) is 38.4 Å². The SMILES string of the molecule is [2H]C([2H])(c1ccc(COc2cccc3c2CN(C2([2H])C(=O)NC(=O)C([2H])([2H])C2([2H])[2H])C3=O)cc1)N1CCOCC1. The van der Waals surface area contributed by atoms with Crippen LogP contribution in [0.4, 0.5) is 0 Å². The first kappa shape index (κ1) is 14.8. The number of imide groups is 1. The van der Waals surface area contributed by atoms with E-state index in [1.165, 1.54) is 12.1 Å². The molecule has 3 heterocycles. The molecule has 3 amide bonds. The number of rotatable bonds is 6. The second-order valence-corrected chi connectivity index (χ2v) is 7.75. The molecule has 172 valence electrons. The summed E-state index contributed by atoms with van der Waals surface area (Å²) in [7, 11) is 0. The predicted molar refractivity (Wildman–Crippen MR) is 119 cm³/mol. The summed E-state index contributed by atoms with van der Waals surface area (Å²) >= 11 is 0. The lowest BCUT2D eigenvalue weighted by Crippen LogP contribution is -2.52. The molecule has 3 aliphatic heterocycles. The van der Waals surface area contributed by atoms with Gasteiger partial charge < -0.3 is 14.4 Å². The largest absolute Gasteiger partial charge is 0.489 e. The Labute approximate surface area is 202 Å². The molecule has 1 atom stereocenters. The molecule has 0 aromatic heterocycles. The lowest BCUT2D eigenvalue weighted by Gasteiger charge is -2.29. The Hall–Kier alpha value is -3.23. The maximum Gasteiger partial charge on any atom is 0.255 e. The molecule has 33 heavy (non-hydrogen) atoms. The van der Waals surface area contributed by atoms with Crippen LogP contribution in [0.1, 0.15) is 49.4 Å². The van der Waals surface area contributed by atoms with Gasteiger partial charge in [0, 0.05) is 45.3 Å². The van der Waals surface area contributed by atoms with Crippen LogP contribution in [0.2, 0.25) is 0 Å². The lowest BCUT2D eigenvalue weighted by molar-refractivity contribution is -0.136. The van der Waals surface area contributed by atoms with E-state index in [-0.39, 0.29) is 17.9 Å². The van der Waals surface area contributed by atoms with Gasteiger partial charge in [0.15, 0.2) is 0 Å². The van der Waals surface area contributed by atoms with Crippen LogP contribution in [0, 0.1) is 0 Å². The van der Waals surface area contributed by atoms with Crippen molar-refractivity contribution in [3.05, 3.63) is 64.7 Å². The minimum atomic E-state index is -3.36. The fourth-order valence-corrected chi connectivity index (χ4v) is 3.87. The van der Waals surface area contributed by atoms with Crippen molar-refractivity contribution in [3.63, 3.8) is 0 Å². The number of benzene rings is 2. The number of ether oxygens (including phenoxy) is 2. The van der Waals surface area contributed by atoms with Gasteiger partial charge in [-0.1, -0.05) is 30.3 Å². The zero-order chi connectivity index (χ0) is 29.1. The van der Waals surface area contributed by atoms with Crippen LogP contribution in [-0.2, 0) is 34.0 Å². The minimum Gasteiger partial charge on any atom is -0.489 e. The highest BCUT2D eigenvalue weighted by atomic mass is 16.5. The summed E-state index contributed by atoms with van der Waals surface area (Å²) in [5.74, 6) is -3.56. The molecule has 0 aliphatic carbocycles. The van der Waals surface area contributed by atoms with E-state index in [9.17, 15) is 14.4 Å². The van der Waals surface area contributed by atoms with E-state index in [0.29, 0.717) is 47.9 Å². The minimum absolute atomic E-state index is 0.0514. The number of hydrogen-bond donors (Lipinski definition) is 1. The number of fused-ring (bicyclic) bond motifs is 1. The zero-order valence-electron chi connectivity index (χ0n) is 24.7. The van der Waals surface area contributed by atoms with Gasteiger partial charge >= 0.3 is 0 Å². The maximum absolute atomic E-state index is 13.3. The van der Waals surface area contributed by atoms with Gasteiger partial charge in [-0.05, 0) is 29.6 Å². The van der Waals surface area contributed by atoms with Crippen molar-refractivity contribution in [2.75, 3.05) is 26.3 Å². The number of carbonyl (C=O) groups is 3. The van der Waals surface area contributed by atoms with Gasteiger partial charge in [-0.15, -0.1) is 0 Å². The second-order valence-electron chi connectivity index (χ2n) is 7.75. The molecule has 1 N–H and O–H groups in total. The molecule has 2 aromatic carbocycles. The standard InChI is InChI=1S/C25H27N3O5/c29-23-9-8-21(24(30)26-23)28-15-20-19(25(28)31)2-1-3-22(20)33-16-18-6-4-17(5-7-18)14-27-10-12-32-13-11-27/h1-7,21H,8-16H2,(H,26,29,30)/i8D2,9D2,14D2,21D. The number of amides is 3. The first-order valence-corrected chi connectivity index (χ1v) is 10.6. The van der Waals surface area contributed by atoms with Crippen LogP contribution in [0.25, 0.3) is 0 Å². The van der Waals surface area contributed by atoms with E-state index in [1.54, 1.807) is 40.5 Å². The van der Waals surface area contributed by atoms with Gasteiger partial charge in [0.2, 0.25) is 11.8 Å². The first-order valence-electron chi connectivity index (χ1n) is 14.1. The van der Waals surface area contributed by atoms with Crippen molar-refractivity contribution in [3.8, 4) is 5.75 Å². The molecule has 8 heteroatoms. The number of morpholine rings is 1. The number of piperidine rings is 1. The number of carbonyl (C=O) groups excluding carboxylic acids is 3. The summed E-state index contributed by atoms with van der Waals surface area (Å²) in [4.78, 5) is 40.3. The van der Waals surface area contributed by atoms with Crippen LogP contribution in [0.5, 0.6) is 5.75 Å². The third kappa shape index (κ3) is 4.62. The average Bonchev–Trinajstić information content (AvgIpc) is 3.28. The normalized spacial score (nSPS) is 30.0. The molecule has 0 bridgehead atoms. The first-order chi connectivity index (χ1) is 18.7. The number of hydrogen-bond acceptors (Lipinski definition) is 6. The monoisotopic (exact) mass is 456 g/mol. The van der Waals surface area contributed by atoms with E-state index in [0.717, 1.165) is 0 Å². The van der Waals surface area contributed by atoms with Crippen molar-refractivity contribution in [1.29, 1.82) is 0 Å². The fraction of sp³-hybridized carbons (Fsp3) is 0.400. The van der Waals surface area contributed by atoms with Gasteiger partial charge in [0.1, 0.15) is 18.4 Å². The quantitative estimate of drug-likeness (QED) is 0.668. The summed E-state index contributed by atoms with van der Waals surface area (Å²) in [6.45, 7) is -0.133. The predicted octanol–water partition coefficient (Wildman–Crippen LogP) is 1.86. The van der Waals surface area contributed by atoms with E-state index < -0.39 is 49.5 Å². The van der Waals surface area contributed by atoms with Gasteiger partial charge in [-0.3, -0.25) is 24.6 Å². The molecular formula is C25H27N3O5. The van der Waals surface area contributed by atoms with Crippen LogP contribution < -0.4 is 10.1 Å². The van der Waals surface area contributed by atoms with Gasteiger partial charge in [0.25, 0.3) is 5.91 Å². The highest BCUT2D eigenvalue weighted by Crippen LogP contribution is 2.34. The summed E-state index contributed by atoms with van der Waals surface area (Å²) in [6, 6.07) is 8.30. The molecule has 0 saturated carbocycles. The van der Waals surface area contributed by atoms with Crippen molar-refractivity contribution >= 4 is 17.7 Å². The molecule has 2 fully saturated rings. The van der Waals surface area contributed by atoms with E-state index in [4.69, 9.17) is 19.1 Å². The fourth-order valence-electron chi connectivity index (χ4n) is 3.87. The van der Waals surface area contributed by atoms with E-state index in [1.807, 2.05) is 0 Å². The smallest absolute Gasteiger partial charge is 0.255 e. The van der Waals surface area contributed by atoms with Crippen molar-refractivity contribution in [2.24, 2.45) is 0 Å². The average molecular weight is 457 g/mol. The van der Waals surface area contributed by atoms with Gasteiger partial charge in [-0.2, -0.15) is 0 Å². The Morgan fingerprint density at radius 2 is 1.88 bits per heavy atom. The highest BCUT2D eigenvalue weighted by Gasteiger charge is 2.40. The van der Waals surface area contributed by atoms with Crippen molar-refractivity contribution < 1.29 is 33.5 Å². The van der Waals surface area contributed by atoms with Crippen LogP contribution in [-0.4, -0.2) is 59.8 Å². The Kier molecular flexibility index (Phi) is 4.19.